The van der Waals surface area contributed by atoms with E-state index in [1.807, 2.05) is 0 Å². The van der Waals surface area contributed by atoms with Crippen molar-refractivity contribution in [3.8, 4) is 0 Å². The second-order valence-electron chi connectivity index (χ2n) is 5.44. The van der Waals surface area contributed by atoms with Gasteiger partial charge in [-0.15, -0.1) is 0 Å². The first-order valence-electron chi connectivity index (χ1n) is 5.81. The maximum absolute atomic E-state index is 2.50. The molecule has 0 aliphatic carbocycles. The highest BCUT2D eigenvalue weighted by atomic mass is 28.3. The van der Waals surface area contributed by atoms with Crippen molar-refractivity contribution in [2.75, 3.05) is 0 Å². The van der Waals surface area contributed by atoms with E-state index in [0.717, 1.165) is 11.5 Å². The highest BCUT2D eigenvalue weighted by molar-refractivity contribution is 6.92. The summed E-state index contributed by atoms with van der Waals surface area (Å²) in [6.07, 6.45) is 4.76. The first kappa shape index (κ1) is 10.7. The summed E-state index contributed by atoms with van der Waals surface area (Å²) in [5.74, 6) is 0.760. The quantitative estimate of drug-likeness (QED) is 0.629. The van der Waals surface area contributed by atoms with E-state index >= 15 is 0 Å². The molecule has 0 bridgehead atoms. The summed E-state index contributed by atoms with van der Waals surface area (Å²) in [5.41, 5.74) is 2.23. The zero-order chi connectivity index (χ0) is 11.1. The van der Waals surface area contributed by atoms with Crippen LogP contribution in [-0.4, -0.2) is 8.07 Å². The summed E-state index contributed by atoms with van der Waals surface area (Å²) in [6.45, 7) is 9.69. The van der Waals surface area contributed by atoms with E-state index < -0.39 is 8.07 Å². The van der Waals surface area contributed by atoms with Crippen LogP contribution < -0.4 is 5.19 Å². The molecule has 0 aromatic heterocycles. The molecule has 0 fully saturated rings. The first-order valence-corrected chi connectivity index (χ1v) is 8.89. The molecule has 1 aliphatic rings. The zero-order valence-electron chi connectivity index (χ0n) is 10.1. The average Bonchev–Trinajstić information content (AvgIpc) is 2.17. The van der Waals surface area contributed by atoms with Gasteiger partial charge in [0.05, 0.1) is 8.07 Å². The largest absolute Gasteiger partial charge is 0.0884 e. The molecule has 80 valence electrons. The minimum atomic E-state index is -1.29. The number of rotatable bonds is 1. The van der Waals surface area contributed by atoms with Gasteiger partial charge in [-0.1, -0.05) is 68.5 Å². The summed E-state index contributed by atoms with van der Waals surface area (Å²) in [5, 5.41) is 1.63. The third-order valence-electron chi connectivity index (χ3n) is 3.69. The molecule has 0 nitrogen and oxygen atoms in total. The van der Waals surface area contributed by atoms with E-state index in [1.165, 1.54) is 5.56 Å². The Kier molecular flexibility index (Phi) is 2.59. The van der Waals surface area contributed by atoms with Crippen LogP contribution in [0.25, 0.3) is 6.08 Å². The molecule has 0 saturated carbocycles. The predicted octanol–water partition coefficient (Wildman–Crippen LogP) is 3.66. The molecule has 0 amide bonds. The predicted molar refractivity (Wildman–Crippen MR) is 71.2 cm³/mol. The van der Waals surface area contributed by atoms with Crippen molar-refractivity contribution in [3.05, 3.63) is 35.9 Å². The van der Waals surface area contributed by atoms with E-state index in [1.54, 1.807) is 5.19 Å². The van der Waals surface area contributed by atoms with Crippen molar-refractivity contribution in [1.82, 2.24) is 0 Å². The highest BCUT2D eigenvalue weighted by Crippen LogP contribution is 2.35. The Morgan fingerprint density at radius 2 is 1.80 bits per heavy atom. The van der Waals surface area contributed by atoms with Crippen molar-refractivity contribution < 1.29 is 0 Å². The lowest BCUT2D eigenvalue weighted by molar-refractivity contribution is 0.647. The Morgan fingerprint density at radius 1 is 1.13 bits per heavy atom. The maximum Gasteiger partial charge on any atom is 0.0884 e. The summed E-state index contributed by atoms with van der Waals surface area (Å²) in [6, 6.07) is 8.91. The normalized spacial score (nSPS) is 22.9. The smallest absolute Gasteiger partial charge is 0.0829 e. The lowest BCUT2D eigenvalue weighted by Crippen LogP contribution is -2.49. The number of benzene rings is 1. The van der Waals surface area contributed by atoms with Gasteiger partial charge in [0.25, 0.3) is 0 Å². The van der Waals surface area contributed by atoms with Gasteiger partial charge in [-0.2, -0.15) is 0 Å². The summed E-state index contributed by atoms with van der Waals surface area (Å²) in [4.78, 5) is 0. The van der Waals surface area contributed by atoms with E-state index in [0.29, 0.717) is 0 Å². The fourth-order valence-electron chi connectivity index (χ4n) is 2.91. The van der Waals surface area contributed by atoms with Crippen LogP contribution in [0.3, 0.4) is 0 Å². The van der Waals surface area contributed by atoms with Gasteiger partial charge >= 0.3 is 0 Å². The molecule has 1 aliphatic heterocycles. The van der Waals surface area contributed by atoms with Crippen molar-refractivity contribution in [2.45, 2.75) is 32.5 Å². The Labute approximate surface area is 94.0 Å². The molecular formula is C14H20Si. The van der Waals surface area contributed by atoms with Gasteiger partial charge in [0.15, 0.2) is 0 Å². The van der Waals surface area contributed by atoms with Crippen molar-refractivity contribution in [2.24, 2.45) is 5.92 Å². The Balaban J connectivity index is 2.52. The molecule has 1 heterocycles. The number of fused-ring (bicyclic) bond motifs is 1. The Hall–Kier alpha value is -0.823. The number of allylic oxidation sites excluding steroid dienone is 1. The monoisotopic (exact) mass is 216 g/mol. The molecule has 0 N–H and O–H groups in total. The molecule has 0 saturated heterocycles. The molecule has 0 radical (unpaired) electrons. The topological polar surface area (TPSA) is 0 Å². The number of hydrogen-bond acceptors (Lipinski definition) is 0. The van der Waals surface area contributed by atoms with Crippen LogP contribution in [0.5, 0.6) is 0 Å². The number of hydrogen-bond donors (Lipinski definition) is 0. The third kappa shape index (κ3) is 1.69. The van der Waals surface area contributed by atoms with E-state index in [-0.39, 0.29) is 0 Å². The van der Waals surface area contributed by atoms with Crippen LogP contribution in [0, 0.1) is 5.92 Å². The maximum atomic E-state index is 2.50. The molecule has 1 atom stereocenters. The lowest BCUT2D eigenvalue weighted by Gasteiger charge is -2.37. The van der Waals surface area contributed by atoms with Crippen molar-refractivity contribution >= 4 is 19.3 Å². The second kappa shape index (κ2) is 3.64. The van der Waals surface area contributed by atoms with Crippen LogP contribution >= 0.6 is 0 Å². The van der Waals surface area contributed by atoms with Crippen molar-refractivity contribution in [3.63, 3.8) is 0 Å². The minimum Gasteiger partial charge on any atom is -0.0829 e. The van der Waals surface area contributed by atoms with Crippen LogP contribution in [0.15, 0.2) is 30.3 Å². The van der Waals surface area contributed by atoms with Crippen LogP contribution in [0.4, 0.5) is 0 Å². The van der Waals surface area contributed by atoms with Crippen LogP contribution in [-0.2, 0) is 0 Å². The summed E-state index contributed by atoms with van der Waals surface area (Å²) >= 11 is 0. The van der Waals surface area contributed by atoms with Gasteiger partial charge in [0.1, 0.15) is 0 Å². The Morgan fingerprint density at radius 3 is 2.47 bits per heavy atom. The zero-order valence-corrected chi connectivity index (χ0v) is 11.1. The van der Waals surface area contributed by atoms with E-state index in [4.69, 9.17) is 0 Å². The highest BCUT2D eigenvalue weighted by Gasteiger charge is 2.37. The minimum absolute atomic E-state index is 0.760. The Bertz CT molecular complexity index is 388. The molecular weight excluding hydrogens is 196 g/mol. The molecule has 1 heteroatoms. The standard InChI is InChI=1S/C14H20Si/c1-11(2)13-10-9-12-7-5-6-8-14(12)15(13,3)4/h5-11,13H,1-4H3. The van der Waals surface area contributed by atoms with Gasteiger partial charge in [-0.3, -0.25) is 0 Å². The fraction of sp³-hybridized carbons (Fsp3) is 0.429. The third-order valence-corrected chi connectivity index (χ3v) is 8.06. The molecule has 1 aromatic carbocycles. The molecule has 15 heavy (non-hydrogen) atoms. The van der Waals surface area contributed by atoms with Crippen molar-refractivity contribution in [1.29, 1.82) is 0 Å². The lowest BCUT2D eigenvalue weighted by atomic mass is 10.1. The first-order chi connectivity index (χ1) is 7.03. The fourth-order valence-corrected chi connectivity index (χ4v) is 6.95. The van der Waals surface area contributed by atoms with Gasteiger partial charge in [0, 0.05) is 0 Å². The van der Waals surface area contributed by atoms with Gasteiger partial charge < -0.3 is 0 Å². The molecule has 1 aromatic rings. The SMILES string of the molecule is CC(C)C1C=Cc2ccccc2[Si]1(C)C. The van der Waals surface area contributed by atoms with Gasteiger partial charge in [-0.05, 0) is 17.0 Å². The van der Waals surface area contributed by atoms with Crippen LogP contribution in [0.1, 0.15) is 19.4 Å². The summed E-state index contributed by atoms with van der Waals surface area (Å²) < 4.78 is 0. The van der Waals surface area contributed by atoms with Crippen LogP contribution in [0.2, 0.25) is 18.6 Å². The molecule has 2 rings (SSSR count). The van der Waals surface area contributed by atoms with E-state index in [9.17, 15) is 0 Å². The average molecular weight is 216 g/mol. The second-order valence-corrected chi connectivity index (χ2v) is 10.1. The van der Waals surface area contributed by atoms with Gasteiger partial charge in [0.2, 0.25) is 0 Å². The molecule has 1 unspecified atom stereocenters. The van der Waals surface area contributed by atoms with Gasteiger partial charge in [-0.25, -0.2) is 0 Å². The molecule has 0 spiro atoms. The van der Waals surface area contributed by atoms with E-state index in [2.05, 4.69) is 63.4 Å². The summed E-state index contributed by atoms with van der Waals surface area (Å²) in [7, 11) is -1.29.